The molecule has 0 radical (unpaired) electrons. The molecule has 1 aliphatic carbocycles. The van der Waals surface area contributed by atoms with Crippen LogP contribution in [0.25, 0.3) is 0 Å². The Hall–Kier alpha value is -2.19. The Bertz CT molecular complexity index is 1020. The molecule has 1 aromatic heterocycles. The van der Waals surface area contributed by atoms with Crippen LogP contribution in [0.5, 0.6) is 0 Å². The SMILES string of the molecule is CCOC(=O)c1c(NC(=O)Cc2ccc(S(=O)(=O)C(C)C)cc2)sc2c1CCC2. The average molecular weight is 436 g/mol. The lowest BCUT2D eigenvalue weighted by molar-refractivity contribution is -0.115. The van der Waals surface area contributed by atoms with Crippen LogP contribution in [-0.4, -0.2) is 32.2 Å². The number of anilines is 1. The molecule has 2 aromatic rings. The van der Waals surface area contributed by atoms with Gasteiger partial charge < -0.3 is 10.1 Å². The molecule has 29 heavy (non-hydrogen) atoms. The first-order valence-corrected chi connectivity index (χ1v) is 12.0. The van der Waals surface area contributed by atoms with Crippen molar-refractivity contribution in [3.8, 4) is 0 Å². The predicted octanol–water partition coefficient (Wildman–Crippen LogP) is 3.78. The van der Waals surface area contributed by atoms with Crippen molar-refractivity contribution in [1.29, 1.82) is 0 Å². The van der Waals surface area contributed by atoms with Crippen LogP contribution in [0.15, 0.2) is 29.2 Å². The first-order chi connectivity index (χ1) is 13.7. The molecule has 1 heterocycles. The van der Waals surface area contributed by atoms with E-state index in [2.05, 4.69) is 5.32 Å². The van der Waals surface area contributed by atoms with Crippen molar-refractivity contribution < 1.29 is 22.7 Å². The fourth-order valence-corrected chi connectivity index (χ4v) is 5.69. The van der Waals surface area contributed by atoms with E-state index in [9.17, 15) is 18.0 Å². The van der Waals surface area contributed by atoms with Crippen LogP contribution >= 0.6 is 11.3 Å². The molecule has 1 aliphatic rings. The van der Waals surface area contributed by atoms with E-state index in [1.54, 1.807) is 32.9 Å². The maximum absolute atomic E-state index is 12.6. The highest BCUT2D eigenvalue weighted by Crippen LogP contribution is 2.39. The summed E-state index contributed by atoms with van der Waals surface area (Å²) in [4.78, 5) is 26.3. The van der Waals surface area contributed by atoms with Gasteiger partial charge in [0, 0.05) is 4.88 Å². The number of carbonyl (C=O) groups is 2. The van der Waals surface area contributed by atoms with Gasteiger partial charge in [-0.3, -0.25) is 4.79 Å². The van der Waals surface area contributed by atoms with E-state index in [1.165, 1.54) is 23.5 Å². The molecule has 156 valence electrons. The van der Waals surface area contributed by atoms with Crippen molar-refractivity contribution in [2.75, 3.05) is 11.9 Å². The lowest BCUT2D eigenvalue weighted by Gasteiger charge is -2.10. The summed E-state index contributed by atoms with van der Waals surface area (Å²) < 4.78 is 29.6. The molecule has 1 N–H and O–H groups in total. The normalized spacial score (nSPS) is 13.4. The van der Waals surface area contributed by atoms with E-state index in [4.69, 9.17) is 4.74 Å². The fourth-order valence-electron chi connectivity index (χ4n) is 3.34. The molecule has 0 unspecified atom stereocenters. The molecule has 6 nitrogen and oxygen atoms in total. The molecular weight excluding hydrogens is 410 g/mol. The minimum atomic E-state index is -3.34. The lowest BCUT2D eigenvalue weighted by atomic mass is 10.1. The second-order valence-corrected chi connectivity index (χ2v) is 10.9. The third kappa shape index (κ3) is 4.53. The number of aryl methyl sites for hydroxylation is 1. The van der Waals surface area contributed by atoms with Gasteiger partial charge in [-0.2, -0.15) is 0 Å². The molecule has 3 rings (SSSR count). The Kier molecular flexibility index (Phi) is 6.43. The van der Waals surface area contributed by atoms with E-state index >= 15 is 0 Å². The number of sulfone groups is 1. The molecule has 0 atom stereocenters. The number of thiophene rings is 1. The summed E-state index contributed by atoms with van der Waals surface area (Å²) in [6, 6.07) is 6.36. The minimum Gasteiger partial charge on any atom is -0.462 e. The molecule has 0 saturated heterocycles. The summed E-state index contributed by atoms with van der Waals surface area (Å²) in [6.45, 7) is 5.31. The van der Waals surface area contributed by atoms with Crippen molar-refractivity contribution >= 4 is 38.1 Å². The zero-order valence-corrected chi connectivity index (χ0v) is 18.4. The van der Waals surface area contributed by atoms with Crippen molar-refractivity contribution in [1.82, 2.24) is 0 Å². The predicted molar refractivity (Wildman–Crippen MR) is 113 cm³/mol. The van der Waals surface area contributed by atoms with Crippen LogP contribution in [0.3, 0.4) is 0 Å². The van der Waals surface area contributed by atoms with Crippen molar-refractivity contribution in [2.24, 2.45) is 0 Å². The highest BCUT2D eigenvalue weighted by Gasteiger charge is 2.28. The summed E-state index contributed by atoms with van der Waals surface area (Å²) in [7, 11) is -3.34. The van der Waals surface area contributed by atoms with E-state index in [-0.39, 0.29) is 23.8 Å². The van der Waals surface area contributed by atoms with Gasteiger partial charge in [-0.15, -0.1) is 11.3 Å². The van der Waals surface area contributed by atoms with Gasteiger partial charge in [-0.05, 0) is 63.3 Å². The number of ether oxygens (including phenoxy) is 1. The number of benzene rings is 1. The van der Waals surface area contributed by atoms with E-state index in [1.807, 2.05) is 0 Å². The van der Waals surface area contributed by atoms with Gasteiger partial charge in [0.2, 0.25) is 5.91 Å². The molecule has 1 amide bonds. The Balaban J connectivity index is 1.74. The molecule has 0 saturated carbocycles. The molecule has 0 aliphatic heterocycles. The number of rotatable bonds is 7. The number of hydrogen-bond acceptors (Lipinski definition) is 6. The Labute approximate surface area is 175 Å². The Morgan fingerprint density at radius 1 is 1.17 bits per heavy atom. The topological polar surface area (TPSA) is 89.5 Å². The minimum absolute atomic E-state index is 0.0901. The molecule has 0 spiro atoms. The highest BCUT2D eigenvalue weighted by molar-refractivity contribution is 7.92. The molecule has 8 heteroatoms. The van der Waals surface area contributed by atoms with Crippen molar-refractivity contribution in [3.05, 3.63) is 45.8 Å². The second-order valence-electron chi connectivity index (χ2n) is 7.24. The van der Waals surface area contributed by atoms with Crippen LogP contribution in [0.4, 0.5) is 5.00 Å². The number of carbonyl (C=O) groups excluding carboxylic acids is 2. The number of esters is 1. The fraction of sp³-hybridized carbons (Fsp3) is 0.429. The second kappa shape index (κ2) is 8.67. The van der Waals surface area contributed by atoms with Gasteiger partial charge in [0.05, 0.1) is 28.7 Å². The smallest absolute Gasteiger partial charge is 0.341 e. The summed E-state index contributed by atoms with van der Waals surface area (Å²) in [5.41, 5.74) is 2.18. The van der Waals surface area contributed by atoms with Crippen LogP contribution in [-0.2, 0) is 38.6 Å². The van der Waals surface area contributed by atoms with Crippen molar-refractivity contribution in [3.63, 3.8) is 0 Å². The maximum Gasteiger partial charge on any atom is 0.341 e. The van der Waals surface area contributed by atoms with E-state index < -0.39 is 21.1 Å². The first-order valence-electron chi connectivity index (χ1n) is 9.68. The monoisotopic (exact) mass is 435 g/mol. The summed E-state index contributed by atoms with van der Waals surface area (Å²) in [5.74, 6) is -0.652. The molecule has 0 bridgehead atoms. The van der Waals surface area contributed by atoms with Crippen LogP contribution < -0.4 is 5.32 Å². The quantitative estimate of drug-likeness (QED) is 0.669. The Morgan fingerprint density at radius 3 is 2.48 bits per heavy atom. The summed E-state index contributed by atoms with van der Waals surface area (Å²) in [5, 5.41) is 2.89. The standard InChI is InChI=1S/C21H25NO5S2/c1-4-27-21(24)19-16-6-5-7-17(16)28-20(19)22-18(23)12-14-8-10-15(11-9-14)29(25,26)13(2)3/h8-11,13H,4-7,12H2,1-3H3,(H,22,23). The van der Waals surface area contributed by atoms with Gasteiger partial charge in [-0.25, -0.2) is 13.2 Å². The maximum atomic E-state index is 12.6. The third-order valence-electron chi connectivity index (χ3n) is 4.89. The zero-order valence-electron chi connectivity index (χ0n) is 16.8. The number of hydrogen-bond donors (Lipinski definition) is 1. The Morgan fingerprint density at radius 2 is 1.86 bits per heavy atom. The summed E-state index contributed by atoms with van der Waals surface area (Å²) >= 11 is 1.44. The molecule has 1 aromatic carbocycles. The number of nitrogens with one attached hydrogen (secondary N) is 1. The van der Waals surface area contributed by atoms with Crippen LogP contribution in [0.1, 0.15) is 53.6 Å². The van der Waals surface area contributed by atoms with Crippen molar-refractivity contribution in [2.45, 2.75) is 56.6 Å². The largest absolute Gasteiger partial charge is 0.462 e. The lowest BCUT2D eigenvalue weighted by Crippen LogP contribution is -2.17. The number of fused-ring (bicyclic) bond motifs is 1. The van der Waals surface area contributed by atoms with Gasteiger partial charge >= 0.3 is 5.97 Å². The summed E-state index contributed by atoms with van der Waals surface area (Å²) in [6.07, 6.45) is 2.83. The van der Waals surface area contributed by atoms with Gasteiger partial charge in [-0.1, -0.05) is 12.1 Å². The number of amides is 1. The average Bonchev–Trinajstić information content (AvgIpc) is 3.22. The van der Waals surface area contributed by atoms with E-state index in [0.29, 0.717) is 16.1 Å². The van der Waals surface area contributed by atoms with E-state index in [0.717, 1.165) is 29.7 Å². The van der Waals surface area contributed by atoms with Crippen LogP contribution in [0.2, 0.25) is 0 Å². The third-order valence-corrected chi connectivity index (χ3v) is 8.27. The molecular formula is C21H25NO5S2. The van der Waals surface area contributed by atoms with Gasteiger partial charge in [0.25, 0.3) is 0 Å². The van der Waals surface area contributed by atoms with Crippen LogP contribution in [0, 0.1) is 0 Å². The zero-order chi connectivity index (χ0) is 21.2. The first kappa shape index (κ1) is 21.5. The van der Waals surface area contributed by atoms with Gasteiger partial charge in [0.15, 0.2) is 9.84 Å². The van der Waals surface area contributed by atoms with Gasteiger partial charge in [0.1, 0.15) is 5.00 Å². The molecule has 0 fully saturated rings. The highest BCUT2D eigenvalue weighted by atomic mass is 32.2.